The van der Waals surface area contributed by atoms with E-state index in [2.05, 4.69) is 0 Å². The molecule has 0 unspecified atom stereocenters. The quantitative estimate of drug-likeness (QED) is 0.552. The summed E-state index contributed by atoms with van der Waals surface area (Å²) in [6.45, 7) is 0. The third kappa shape index (κ3) is 65.4. The van der Waals surface area contributed by atoms with E-state index in [1.165, 1.54) is 0 Å². The van der Waals surface area contributed by atoms with Crippen LogP contribution in [-0.4, -0.2) is 113 Å². The molecule has 6 heteroatoms. The second-order valence-corrected chi connectivity index (χ2v) is 0.283. The minimum Gasteiger partial charge on any atom is -1.00 e. The molecule has 0 bridgehead atoms. The molecular weight excluding hydrogens is 251 g/mol. The van der Waals surface area contributed by atoms with E-state index < -0.39 is 6.16 Å². The molecule has 0 heterocycles. The summed E-state index contributed by atoms with van der Waals surface area (Å²) < 4.78 is 0. The fourth-order valence-electron chi connectivity index (χ4n) is 0. The Bertz CT molecular complexity index is 43.1. The summed E-state index contributed by atoms with van der Waals surface area (Å²) in [5.41, 5.74) is 0. The van der Waals surface area contributed by atoms with Gasteiger partial charge in [-0.25, -0.2) is 4.79 Å². The molecule has 0 atom stereocenters. The SMILES string of the molecule is O.O=C(O)O.[H-].[H-].[H-].[H-].[Sr+2].[Sr+2]. The van der Waals surface area contributed by atoms with Crippen molar-refractivity contribution < 1.29 is 26.2 Å². The Morgan fingerprint density at radius 1 is 1.29 bits per heavy atom. The molecule has 0 aliphatic rings. The van der Waals surface area contributed by atoms with E-state index in [-0.39, 0.29) is 102 Å². The van der Waals surface area contributed by atoms with Crippen molar-refractivity contribution in [3.05, 3.63) is 0 Å². The van der Waals surface area contributed by atoms with Crippen LogP contribution in [0.3, 0.4) is 0 Å². The summed E-state index contributed by atoms with van der Waals surface area (Å²) >= 11 is 0. The van der Waals surface area contributed by atoms with Crippen LogP contribution in [0, 0.1) is 0 Å². The van der Waals surface area contributed by atoms with Gasteiger partial charge in [0.2, 0.25) is 0 Å². The van der Waals surface area contributed by atoms with E-state index in [0.717, 1.165) is 0 Å². The first kappa shape index (κ1) is 22.9. The van der Waals surface area contributed by atoms with E-state index in [0.29, 0.717) is 0 Å². The third-order valence-electron chi connectivity index (χ3n) is 0. The first-order chi connectivity index (χ1) is 1.73. The van der Waals surface area contributed by atoms with Gasteiger partial charge in [0.05, 0.1) is 0 Å². The molecule has 7 heavy (non-hydrogen) atoms. The molecule has 0 spiro atoms. The topological polar surface area (TPSA) is 89.0 Å². The number of carboxylic acid groups (broad SMARTS) is 2. The molecule has 0 fully saturated rings. The average molecular weight is 259 g/mol. The van der Waals surface area contributed by atoms with E-state index in [1.54, 1.807) is 0 Å². The molecule has 0 radical (unpaired) electrons. The second-order valence-electron chi connectivity index (χ2n) is 0.283. The van der Waals surface area contributed by atoms with Crippen LogP contribution in [0.5, 0.6) is 0 Å². The standard InChI is InChI=1S/CH2O3.H2O.2Sr.4H/c2-1(3)4;;;;;;;/h(H2,2,3,4);1H2;;;;;;/q;;2*+2;4*-1. The van der Waals surface area contributed by atoms with Gasteiger partial charge in [-0.1, -0.05) is 0 Å². The molecule has 0 aromatic rings. The minimum atomic E-state index is -1.83. The summed E-state index contributed by atoms with van der Waals surface area (Å²) in [6.07, 6.45) is -1.83. The average Bonchev–Trinajstić information content (AvgIpc) is 0.811. The summed E-state index contributed by atoms with van der Waals surface area (Å²) in [7, 11) is 0. The zero-order chi connectivity index (χ0) is 3.58. The maximum Gasteiger partial charge on any atom is 2.00 e. The van der Waals surface area contributed by atoms with Crippen molar-refractivity contribution in [2.75, 3.05) is 0 Å². The minimum absolute atomic E-state index is 0. The van der Waals surface area contributed by atoms with Crippen LogP contribution < -0.4 is 0 Å². The Morgan fingerprint density at radius 3 is 1.29 bits per heavy atom. The van der Waals surface area contributed by atoms with Crippen LogP contribution in [0.2, 0.25) is 0 Å². The fraction of sp³-hybridized carbons (Fsp3) is 0. The molecule has 4 nitrogen and oxygen atoms in total. The van der Waals surface area contributed by atoms with Crippen molar-refractivity contribution in [1.82, 2.24) is 0 Å². The zero-order valence-corrected chi connectivity index (χ0v) is 10.7. The predicted octanol–water partition coefficient (Wildman–Crippen LogP) is -0.914. The molecule has 0 aliphatic carbocycles. The normalized spacial score (nSPS) is 3.43. The van der Waals surface area contributed by atoms with Gasteiger partial charge in [-0.05, 0) is 0 Å². The van der Waals surface area contributed by atoms with E-state index in [4.69, 9.17) is 15.0 Å². The van der Waals surface area contributed by atoms with Gasteiger partial charge in [-0.3, -0.25) is 0 Å². The van der Waals surface area contributed by atoms with Gasteiger partial charge in [0, 0.05) is 0 Å². The van der Waals surface area contributed by atoms with Crippen molar-refractivity contribution in [2.45, 2.75) is 0 Å². The Kier molecular flexibility index (Phi) is 51.4. The number of hydrogen-bond donors (Lipinski definition) is 2. The van der Waals surface area contributed by atoms with E-state index in [1.807, 2.05) is 0 Å². The van der Waals surface area contributed by atoms with Gasteiger partial charge >= 0.3 is 97.1 Å². The zero-order valence-electron chi connectivity index (χ0n) is 7.72. The van der Waals surface area contributed by atoms with Crippen molar-refractivity contribution in [3.8, 4) is 0 Å². The van der Waals surface area contributed by atoms with Crippen molar-refractivity contribution >= 4 is 97.1 Å². The Morgan fingerprint density at radius 2 is 1.29 bits per heavy atom. The maximum absolute atomic E-state index is 8.56. The van der Waals surface area contributed by atoms with Gasteiger partial charge in [0.25, 0.3) is 0 Å². The Hall–Kier alpha value is 2.19. The molecule has 0 aromatic heterocycles. The van der Waals surface area contributed by atoms with Gasteiger partial charge in [0.1, 0.15) is 0 Å². The summed E-state index contributed by atoms with van der Waals surface area (Å²) in [5.74, 6) is 0. The molecule has 0 saturated heterocycles. The van der Waals surface area contributed by atoms with Gasteiger partial charge in [0.15, 0.2) is 0 Å². The summed E-state index contributed by atoms with van der Waals surface area (Å²) in [4.78, 5) is 8.56. The molecule has 0 amide bonds. The molecular formula is CH8O4Sr2. The molecule has 0 aromatic carbocycles. The van der Waals surface area contributed by atoms with Crippen LogP contribution in [0.25, 0.3) is 0 Å². The van der Waals surface area contributed by atoms with Gasteiger partial charge < -0.3 is 21.4 Å². The Labute approximate surface area is 121 Å². The molecule has 0 aliphatic heterocycles. The van der Waals surface area contributed by atoms with Crippen LogP contribution in [-0.2, 0) is 0 Å². The first-order valence-corrected chi connectivity index (χ1v) is 0.651. The second kappa shape index (κ2) is 15.7. The maximum atomic E-state index is 8.56. The summed E-state index contributed by atoms with van der Waals surface area (Å²) in [6, 6.07) is 0. The number of hydrogen-bond acceptors (Lipinski definition) is 1. The third-order valence-corrected chi connectivity index (χ3v) is 0. The smallest absolute Gasteiger partial charge is 1.00 e. The molecule has 4 N–H and O–H groups in total. The van der Waals surface area contributed by atoms with Crippen molar-refractivity contribution in [3.63, 3.8) is 0 Å². The van der Waals surface area contributed by atoms with Gasteiger partial charge in [-0.2, -0.15) is 0 Å². The molecule has 40 valence electrons. The van der Waals surface area contributed by atoms with E-state index >= 15 is 0 Å². The van der Waals surface area contributed by atoms with E-state index in [9.17, 15) is 0 Å². The van der Waals surface area contributed by atoms with Crippen molar-refractivity contribution in [1.29, 1.82) is 0 Å². The Balaban J connectivity index is -0.00000000214. The van der Waals surface area contributed by atoms with Crippen LogP contribution in [0.1, 0.15) is 5.71 Å². The van der Waals surface area contributed by atoms with Crippen LogP contribution in [0.4, 0.5) is 4.79 Å². The molecule has 0 rings (SSSR count). The first-order valence-electron chi connectivity index (χ1n) is 0.651. The largest absolute Gasteiger partial charge is 2.00 e. The fourth-order valence-corrected chi connectivity index (χ4v) is 0. The van der Waals surface area contributed by atoms with Crippen LogP contribution in [0.15, 0.2) is 0 Å². The number of rotatable bonds is 0. The van der Waals surface area contributed by atoms with Gasteiger partial charge in [-0.15, -0.1) is 0 Å². The van der Waals surface area contributed by atoms with Crippen molar-refractivity contribution in [2.24, 2.45) is 0 Å². The van der Waals surface area contributed by atoms with Crippen LogP contribution >= 0.6 is 0 Å². The number of carbonyl (C=O) groups is 1. The predicted molar refractivity (Wildman–Crippen MR) is 30.2 cm³/mol. The monoisotopic (exact) mass is 260 g/mol. The summed E-state index contributed by atoms with van der Waals surface area (Å²) in [5, 5.41) is 13.9. The molecule has 0 saturated carbocycles.